The van der Waals surface area contributed by atoms with Crippen molar-refractivity contribution >= 4 is 35.3 Å². The highest BCUT2D eigenvalue weighted by atomic mass is 32.2. The number of carbonyl (C=O) groups excluding carboxylic acids is 3. The van der Waals surface area contributed by atoms with Crippen molar-refractivity contribution in [3.05, 3.63) is 29.3 Å². The first-order chi connectivity index (χ1) is 10.9. The Morgan fingerprint density at radius 1 is 1.30 bits per heavy atom. The van der Waals surface area contributed by atoms with Crippen LogP contribution in [-0.2, 0) is 9.59 Å². The Labute approximate surface area is 140 Å². The lowest BCUT2D eigenvalue weighted by Gasteiger charge is -2.13. The predicted molar refractivity (Wildman–Crippen MR) is 91.6 cm³/mol. The van der Waals surface area contributed by atoms with Crippen LogP contribution in [0.1, 0.15) is 17.5 Å². The molecule has 2 rings (SSSR count). The van der Waals surface area contributed by atoms with E-state index < -0.39 is 12.1 Å². The van der Waals surface area contributed by atoms with Crippen LogP contribution >= 0.6 is 11.8 Å². The molecular weight excluding hydrogens is 314 g/mol. The van der Waals surface area contributed by atoms with E-state index in [0.29, 0.717) is 12.1 Å². The zero-order chi connectivity index (χ0) is 17.0. The van der Waals surface area contributed by atoms with Gasteiger partial charge >= 0.3 is 6.03 Å². The highest BCUT2D eigenvalue weighted by Gasteiger charge is 2.38. The second kappa shape index (κ2) is 7.50. The van der Waals surface area contributed by atoms with Gasteiger partial charge in [0.05, 0.1) is 0 Å². The van der Waals surface area contributed by atoms with Crippen LogP contribution in [0.4, 0.5) is 10.5 Å². The normalized spacial score (nSPS) is 17.3. The van der Waals surface area contributed by atoms with Crippen molar-refractivity contribution in [3.8, 4) is 0 Å². The Kier molecular flexibility index (Phi) is 5.65. The van der Waals surface area contributed by atoms with Gasteiger partial charge in [-0.15, -0.1) is 0 Å². The Morgan fingerprint density at radius 3 is 2.70 bits per heavy atom. The first kappa shape index (κ1) is 17.3. The number of anilines is 1. The number of hydrogen-bond donors (Lipinski definition) is 2. The van der Waals surface area contributed by atoms with Crippen LogP contribution in [0.15, 0.2) is 18.2 Å². The van der Waals surface area contributed by atoms with Crippen LogP contribution in [-0.4, -0.2) is 47.3 Å². The average Bonchev–Trinajstić information content (AvgIpc) is 2.76. The summed E-state index contributed by atoms with van der Waals surface area (Å²) in [6.45, 7) is 3.68. The molecule has 124 valence electrons. The summed E-state index contributed by atoms with van der Waals surface area (Å²) in [6.07, 6.45) is 2.51. The molecule has 1 atom stereocenters. The number of aryl methyl sites for hydroxylation is 2. The van der Waals surface area contributed by atoms with E-state index in [4.69, 9.17) is 0 Å². The van der Waals surface area contributed by atoms with Crippen LogP contribution in [0, 0.1) is 13.8 Å². The molecule has 4 amide bonds. The van der Waals surface area contributed by atoms with Crippen LogP contribution in [0.5, 0.6) is 0 Å². The van der Waals surface area contributed by atoms with Crippen LogP contribution < -0.4 is 10.6 Å². The van der Waals surface area contributed by atoms with E-state index in [-0.39, 0.29) is 18.4 Å². The molecule has 6 nitrogen and oxygen atoms in total. The summed E-state index contributed by atoms with van der Waals surface area (Å²) in [7, 11) is 0. The molecule has 1 aliphatic rings. The number of urea groups is 1. The fourth-order valence-corrected chi connectivity index (χ4v) is 2.79. The fraction of sp³-hybridized carbons (Fsp3) is 0.438. The predicted octanol–water partition coefficient (Wildman–Crippen LogP) is 1.92. The maximum absolute atomic E-state index is 12.2. The minimum atomic E-state index is -0.524. The molecule has 1 aliphatic heterocycles. The summed E-state index contributed by atoms with van der Waals surface area (Å²) in [5.41, 5.74) is 2.85. The van der Waals surface area contributed by atoms with Crippen LogP contribution in [0.25, 0.3) is 0 Å². The van der Waals surface area contributed by atoms with Gasteiger partial charge in [-0.3, -0.25) is 14.5 Å². The molecule has 0 saturated carbocycles. The average molecular weight is 335 g/mol. The second-order valence-corrected chi connectivity index (χ2v) is 6.54. The van der Waals surface area contributed by atoms with Crippen molar-refractivity contribution in [1.82, 2.24) is 10.2 Å². The minimum Gasteiger partial charge on any atom is -0.326 e. The van der Waals surface area contributed by atoms with E-state index in [1.165, 1.54) is 0 Å². The van der Waals surface area contributed by atoms with E-state index in [1.54, 1.807) is 17.8 Å². The number of thioether (sulfide) groups is 1. The van der Waals surface area contributed by atoms with E-state index in [2.05, 4.69) is 10.6 Å². The van der Waals surface area contributed by atoms with Gasteiger partial charge < -0.3 is 10.6 Å². The van der Waals surface area contributed by atoms with Crippen molar-refractivity contribution in [1.29, 1.82) is 0 Å². The number of nitrogens with one attached hydrogen (secondary N) is 2. The number of amides is 4. The van der Waals surface area contributed by atoms with Gasteiger partial charge in [0, 0.05) is 5.69 Å². The van der Waals surface area contributed by atoms with E-state index in [9.17, 15) is 14.4 Å². The summed E-state index contributed by atoms with van der Waals surface area (Å²) >= 11 is 1.61. The molecule has 0 spiro atoms. The minimum absolute atomic E-state index is 0.270. The van der Waals surface area contributed by atoms with Crippen LogP contribution in [0.2, 0.25) is 0 Å². The van der Waals surface area contributed by atoms with Crippen LogP contribution in [0.3, 0.4) is 0 Å². The van der Waals surface area contributed by atoms with Gasteiger partial charge in [0.1, 0.15) is 12.6 Å². The third-order valence-corrected chi connectivity index (χ3v) is 4.45. The van der Waals surface area contributed by atoms with E-state index >= 15 is 0 Å². The molecule has 0 radical (unpaired) electrons. The third-order valence-electron chi connectivity index (χ3n) is 3.81. The molecule has 0 unspecified atom stereocenters. The highest BCUT2D eigenvalue weighted by Crippen LogP contribution is 2.15. The second-order valence-electron chi connectivity index (χ2n) is 5.56. The number of rotatable bonds is 6. The van der Waals surface area contributed by atoms with Gasteiger partial charge in [-0.1, -0.05) is 6.07 Å². The molecular formula is C16H21N3O3S. The quantitative estimate of drug-likeness (QED) is 0.779. The smallest absolute Gasteiger partial charge is 0.325 e. The van der Waals surface area contributed by atoms with Crippen molar-refractivity contribution in [2.45, 2.75) is 26.3 Å². The number of carbonyl (C=O) groups is 3. The lowest BCUT2D eigenvalue weighted by molar-refractivity contribution is -0.130. The maximum Gasteiger partial charge on any atom is 0.325 e. The number of nitrogens with zero attached hydrogens (tertiary/aromatic N) is 1. The summed E-state index contributed by atoms with van der Waals surface area (Å²) in [4.78, 5) is 37.1. The zero-order valence-corrected chi connectivity index (χ0v) is 14.3. The zero-order valence-electron chi connectivity index (χ0n) is 13.5. The summed E-state index contributed by atoms with van der Waals surface area (Å²) < 4.78 is 0. The number of hydrogen-bond acceptors (Lipinski definition) is 4. The van der Waals surface area contributed by atoms with E-state index in [1.807, 2.05) is 32.2 Å². The topological polar surface area (TPSA) is 78.5 Å². The van der Waals surface area contributed by atoms with Gasteiger partial charge in [-0.05, 0) is 55.5 Å². The third kappa shape index (κ3) is 4.25. The van der Waals surface area contributed by atoms with Gasteiger partial charge in [-0.2, -0.15) is 11.8 Å². The van der Waals surface area contributed by atoms with Gasteiger partial charge in [0.25, 0.3) is 5.91 Å². The van der Waals surface area contributed by atoms with Crippen molar-refractivity contribution in [2.24, 2.45) is 0 Å². The molecule has 1 aromatic rings. The van der Waals surface area contributed by atoms with Crippen molar-refractivity contribution in [2.75, 3.05) is 23.9 Å². The van der Waals surface area contributed by atoms with Crippen molar-refractivity contribution in [3.63, 3.8) is 0 Å². The molecule has 7 heteroatoms. The highest BCUT2D eigenvalue weighted by molar-refractivity contribution is 7.98. The number of imide groups is 1. The first-order valence-electron chi connectivity index (χ1n) is 7.40. The summed E-state index contributed by atoms with van der Waals surface area (Å²) in [5, 5.41) is 5.34. The Morgan fingerprint density at radius 2 is 2.04 bits per heavy atom. The summed E-state index contributed by atoms with van der Waals surface area (Å²) in [6, 6.07) is 4.55. The molecule has 1 saturated heterocycles. The molecule has 2 N–H and O–H groups in total. The molecule has 0 bridgehead atoms. The first-order valence-corrected chi connectivity index (χ1v) is 8.79. The Balaban J connectivity index is 1.95. The molecule has 1 aromatic carbocycles. The molecule has 0 aromatic heterocycles. The van der Waals surface area contributed by atoms with Crippen molar-refractivity contribution < 1.29 is 14.4 Å². The monoisotopic (exact) mass is 335 g/mol. The lowest BCUT2D eigenvalue weighted by atomic mass is 10.1. The molecule has 1 heterocycles. The molecule has 1 fully saturated rings. The van der Waals surface area contributed by atoms with Gasteiger partial charge in [-0.25, -0.2) is 4.79 Å². The SMILES string of the molecule is CSCC[C@@H]1NC(=O)N(CC(=O)Nc2ccc(C)c(C)c2)C1=O. The Bertz CT molecular complexity index is 633. The molecule has 23 heavy (non-hydrogen) atoms. The fourth-order valence-electron chi connectivity index (χ4n) is 2.32. The maximum atomic E-state index is 12.2. The largest absolute Gasteiger partial charge is 0.326 e. The van der Waals surface area contributed by atoms with Gasteiger partial charge in [0.2, 0.25) is 5.91 Å². The van der Waals surface area contributed by atoms with Gasteiger partial charge in [0.15, 0.2) is 0 Å². The summed E-state index contributed by atoms with van der Waals surface area (Å²) in [5.74, 6) is 0.0564. The standard InChI is InChI=1S/C16H21N3O3S/c1-10-4-5-12(8-11(10)2)17-14(20)9-19-15(21)13(6-7-23-3)18-16(19)22/h4-5,8,13H,6-7,9H2,1-3H3,(H,17,20)(H,18,22)/t13-/m0/s1. The molecule has 0 aliphatic carbocycles. The number of benzene rings is 1. The lowest BCUT2D eigenvalue weighted by Crippen LogP contribution is -2.38. The Hall–Kier alpha value is -2.02. The van der Waals surface area contributed by atoms with E-state index in [0.717, 1.165) is 21.8 Å².